The van der Waals surface area contributed by atoms with Crippen molar-refractivity contribution in [2.75, 3.05) is 11.9 Å². The molecule has 0 aliphatic carbocycles. The maximum atomic E-state index is 13.3. The molecule has 1 atom stereocenters. The van der Waals surface area contributed by atoms with Gasteiger partial charge in [0.2, 0.25) is 5.91 Å². The molecular weight excluding hydrogens is 219 g/mol. The van der Waals surface area contributed by atoms with Crippen molar-refractivity contribution in [1.82, 2.24) is 5.32 Å². The lowest BCUT2D eigenvalue weighted by Gasteiger charge is -2.14. The highest BCUT2D eigenvalue weighted by molar-refractivity contribution is 5.84. The maximum Gasteiger partial charge on any atom is 0.242 e. The van der Waals surface area contributed by atoms with Crippen LogP contribution in [0.15, 0.2) is 18.2 Å². The van der Waals surface area contributed by atoms with Crippen LogP contribution in [0.25, 0.3) is 0 Å². The van der Waals surface area contributed by atoms with Crippen LogP contribution in [-0.2, 0) is 4.79 Å². The first-order chi connectivity index (χ1) is 8.04. The zero-order chi connectivity index (χ0) is 12.8. The van der Waals surface area contributed by atoms with Crippen LogP contribution >= 0.6 is 0 Å². The lowest BCUT2D eigenvalue weighted by atomic mass is 10.2. The Morgan fingerprint density at radius 3 is 2.88 bits per heavy atom. The van der Waals surface area contributed by atoms with Crippen LogP contribution < -0.4 is 10.6 Å². The summed E-state index contributed by atoms with van der Waals surface area (Å²) >= 11 is 0. The summed E-state index contributed by atoms with van der Waals surface area (Å²) in [5.74, 6) is 1.80. The third-order valence-corrected chi connectivity index (χ3v) is 2.31. The molecule has 1 unspecified atom stereocenters. The number of carbonyl (C=O) groups excluding carboxylic acids is 1. The number of anilines is 1. The van der Waals surface area contributed by atoms with E-state index in [0.717, 1.165) is 0 Å². The normalized spacial score (nSPS) is 11.4. The molecule has 0 fully saturated rings. The molecule has 1 aromatic carbocycles. The summed E-state index contributed by atoms with van der Waals surface area (Å²) in [6.07, 6.45) is 5.03. The molecular formula is C13H15FN2O. The van der Waals surface area contributed by atoms with Crippen molar-refractivity contribution in [3.8, 4) is 12.3 Å². The summed E-state index contributed by atoms with van der Waals surface area (Å²) in [6, 6.07) is 4.28. The Bertz CT molecular complexity index is 451. The quantitative estimate of drug-likeness (QED) is 0.778. The molecule has 0 radical (unpaired) electrons. The van der Waals surface area contributed by atoms with Crippen molar-refractivity contribution in [3.63, 3.8) is 0 Å². The summed E-state index contributed by atoms with van der Waals surface area (Å²) in [5.41, 5.74) is 1.14. The fraction of sp³-hybridized carbons (Fsp3) is 0.308. The van der Waals surface area contributed by atoms with Gasteiger partial charge in [-0.3, -0.25) is 4.79 Å². The number of hydrogen-bond acceptors (Lipinski definition) is 2. The molecule has 1 amide bonds. The van der Waals surface area contributed by atoms with Gasteiger partial charge in [0.25, 0.3) is 0 Å². The second kappa shape index (κ2) is 5.90. The monoisotopic (exact) mass is 234 g/mol. The maximum absolute atomic E-state index is 13.3. The summed E-state index contributed by atoms with van der Waals surface area (Å²) in [5, 5.41) is 5.44. The molecule has 0 bridgehead atoms. The first-order valence-electron chi connectivity index (χ1n) is 5.28. The molecule has 0 heterocycles. The number of terminal acetylenes is 1. The van der Waals surface area contributed by atoms with Gasteiger partial charge in [-0.05, 0) is 31.5 Å². The highest BCUT2D eigenvalue weighted by Crippen LogP contribution is 2.14. The highest BCUT2D eigenvalue weighted by Gasteiger charge is 2.11. The number of benzene rings is 1. The third kappa shape index (κ3) is 3.80. The lowest BCUT2D eigenvalue weighted by Crippen LogP contribution is -2.37. The standard InChI is InChI=1S/C13H15FN2O/c1-4-7-15-13(17)10(3)16-11-6-5-9(2)12(14)8-11/h1,5-6,8,10,16H,7H2,2-3H3,(H,15,17). The second-order valence-electron chi connectivity index (χ2n) is 3.75. The van der Waals surface area contributed by atoms with E-state index in [1.165, 1.54) is 6.07 Å². The Hall–Kier alpha value is -2.02. The van der Waals surface area contributed by atoms with E-state index < -0.39 is 6.04 Å². The van der Waals surface area contributed by atoms with Crippen LogP contribution in [0.1, 0.15) is 12.5 Å². The van der Waals surface area contributed by atoms with Gasteiger partial charge >= 0.3 is 0 Å². The average molecular weight is 234 g/mol. The number of aryl methyl sites for hydroxylation is 1. The predicted molar refractivity (Wildman–Crippen MR) is 66.1 cm³/mol. The van der Waals surface area contributed by atoms with Gasteiger partial charge in [-0.15, -0.1) is 6.42 Å². The molecule has 90 valence electrons. The lowest BCUT2D eigenvalue weighted by molar-refractivity contribution is -0.121. The Morgan fingerprint density at radius 1 is 1.59 bits per heavy atom. The summed E-state index contributed by atoms with van der Waals surface area (Å²) in [4.78, 5) is 11.5. The first kappa shape index (κ1) is 13.0. The molecule has 4 heteroatoms. The molecule has 1 aromatic rings. The van der Waals surface area contributed by atoms with Crippen molar-refractivity contribution in [1.29, 1.82) is 0 Å². The fourth-order valence-corrected chi connectivity index (χ4v) is 1.29. The van der Waals surface area contributed by atoms with Gasteiger partial charge in [-0.1, -0.05) is 12.0 Å². The van der Waals surface area contributed by atoms with E-state index >= 15 is 0 Å². The number of rotatable bonds is 4. The number of nitrogens with one attached hydrogen (secondary N) is 2. The minimum Gasteiger partial charge on any atom is -0.374 e. The highest BCUT2D eigenvalue weighted by atomic mass is 19.1. The van der Waals surface area contributed by atoms with Gasteiger partial charge in [0.05, 0.1) is 6.54 Å². The largest absolute Gasteiger partial charge is 0.374 e. The van der Waals surface area contributed by atoms with Crippen molar-refractivity contribution in [2.24, 2.45) is 0 Å². The second-order valence-corrected chi connectivity index (χ2v) is 3.75. The third-order valence-electron chi connectivity index (χ3n) is 2.31. The van der Waals surface area contributed by atoms with Crippen LogP contribution in [0, 0.1) is 25.1 Å². The molecule has 0 aromatic heterocycles. The smallest absolute Gasteiger partial charge is 0.242 e. The topological polar surface area (TPSA) is 41.1 Å². The van der Waals surface area contributed by atoms with Crippen LogP contribution in [0.5, 0.6) is 0 Å². The number of hydrogen-bond donors (Lipinski definition) is 2. The Balaban J connectivity index is 2.62. The van der Waals surface area contributed by atoms with Crippen LogP contribution in [0.4, 0.5) is 10.1 Å². The van der Waals surface area contributed by atoms with Gasteiger partial charge in [0.1, 0.15) is 11.9 Å². The van der Waals surface area contributed by atoms with E-state index in [1.54, 1.807) is 26.0 Å². The average Bonchev–Trinajstić information content (AvgIpc) is 2.30. The van der Waals surface area contributed by atoms with Gasteiger partial charge < -0.3 is 10.6 Å². The summed E-state index contributed by atoms with van der Waals surface area (Å²) in [7, 11) is 0. The van der Waals surface area contributed by atoms with E-state index in [1.807, 2.05) is 0 Å². The van der Waals surface area contributed by atoms with Crippen molar-refractivity contribution in [2.45, 2.75) is 19.9 Å². The van der Waals surface area contributed by atoms with Gasteiger partial charge in [-0.25, -0.2) is 4.39 Å². The van der Waals surface area contributed by atoms with Gasteiger partial charge in [0, 0.05) is 5.69 Å². The molecule has 0 aliphatic rings. The van der Waals surface area contributed by atoms with Crippen molar-refractivity contribution < 1.29 is 9.18 Å². The fourth-order valence-electron chi connectivity index (χ4n) is 1.29. The van der Waals surface area contributed by atoms with Crippen molar-refractivity contribution >= 4 is 11.6 Å². The zero-order valence-electron chi connectivity index (χ0n) is 9.88. The molecule has 0 aliphatic heterocycles. The van der Waals surface area contributed by atoms with Crippen LogP contribution in [0.3, 0.4) is 0 Å². The van der Waals surface area contributed by atoms with E-state index in [-0.39, 0.29) is 18.3 Å². The van der Waals surface area contributed by atoms with Crippen LogP contribution in [0.2, 0.25) is 0 Å². The summed E-state index contributed by atoms with van der Waals surface area (Å²) < 4.78 is 13.3. The molecule has 3 nitrogen and oxygen atoms in total. The number of halogens is 1. The molecule has 2 N–H and O–H groups in total. The number of carbonyl (C=O) groups is 1. The van der Waals surface area contributed by atoms with E-state index in [9.17, 15) is 9.18 Å². The molecule has 0 saturated heterocycles. The Labute approximate surface area is 100 Å². The van der Waals surface area contributed by atoms with Crippen molar-refractivity contribution in [3.05, 3.63) is 29.6 Å². The molecule has 0 saturated carbocycles. The van der Waals surface area contributed by atoms with E-state index in [4.69, 9.17) is 6.42 Å². The van der Waals surface area contributed by atoms with Gasteiger partial charge in [-0.2, -0.15) is 0 Å². The first-order valence-corrected chi connectivity index (χ1v) is 5.28. The molecule has 17 heavy (non-hydrogen) atoms. The Kier molecular flexibility index (Phi) is 4.53. The predicted octanol–water partition coefficient (Wildman–Crippen LogP) is 1.68. The van der Waals surface area contributed by atoms with E-state index in [0.29, 0.717) is 11.3 Å². The summed E-state index contributed by atoms with van der Waals surface area (Å²) in [6.45, 7) is 3.55. The minimum atomic E-state index is -0.467. The SMILES string of the molecule is C#CCNC(=O)C(C)Nc1ccc(C)c(F)c1. The van der Waals surface area contributed by atoms with E-state index in [2.05, 4.69) is 16.6 Å². The molecule has 1 rings (SSSR count). The van der Waals surface area contributed by atoms with Gasteiger partial charge in [0.15, 0.2) is 0 Å². The minimum absolute atomic E-state index is 0.188. The molecule has 0 spiro atoms. The van der Waals surface area contributed by atoms with Crippen LogP contribution in [-0.4, -0.2) is 18.5 Å². The zero-order valence-corrected chi connectivity index (χ0v) is 9.88. The number of amides is 1. The Morgan fingerprint density at radius 2 is 2.29 bits per heavy atom.